The molecule has 0 saturated carbocycles. The van der Waals surface area contributed by atoms with Crippen molar-refractivity contribution in [1.29, 1.82) is 0 Å². The van der Waals surface area contributed by atoms with E-state index in [1.165, 1.54) is 20.2 Å². The number of rotatable bonds is 5. The highest BCUT2D eigenvalue weighted by Crippen LogP contribution is 2.27. The Kier molecular flexibility index (Phi) is 4.56. The van der Waals surface area contributed by atoms with Gasteiger partial charge in [-0.15, -0.1) is 22.7 Å². The van der Waals surface area contributed by atoms with Crippen LogP contribution < -0.4 is 5.73 Å². The van der Waals surface area contributed by atoms with E-state index in [1.807, 2.05) is 22.7 Å². The third-order valence-corrected chi connectivity index (χ3v) is 5.47. The van der Waals surface area contributed by atoms with E-state index in [9.17, 15) is 0 Å². The first-order chi connectivity index (χ1) is 8.61. The molecule has 98 valence electrons. The second kappa shape index (κ2) is 5.97. The van der Waals surface area contributed by atoms with Crippen LogP contribution in [0.3, 0.4) is 0 Å². The van der Waals surface area contributed by atoms with Crippen molar-refractivity contribution in [1.82, 2.24) is 4.90 Å². The van der Waals surface area contributed by atoms with E-state index in [0.29, 0.717) is 12.6 Å². The third-order valence-electron chi connectivity index (χ3n) is 3.31. The lowest BCUT2D eigenvalue weighted by Crippen LogP contribution is -2.21. The van der Waals surface area contributed by atoms with Gasteiger partial charge in [0.1, 0.15) is 0 Å². The van der Waals surface area contributed by atoms with Gasteiger partial charge < -0.3 is 5.73 Å². The maximum atomic E-state index is 5.70. The van der Waals surface area contributed by atoms with Gasteiger partial charge in [-0.2, -0.15) is 0 Å². The van der Waals surface area contributed by atoms with Crippen molar-refractivity contribution < 1.29 is 0 Å². The Bertz CT molecular complexity index is 488. The van der Waals surface area contributed by atoms with Crippen LogP contribution in [-0.4, -0.2) is 11.9 Å². The summed E-state index contributed by atoms with van der Waals surface area (Å²) in [5, 5.41) is 2.14. The van der Waals surface area contributed by atoms with Gasteiger partial charge in [-0.05, 0) is 44.0 Å². The maximum Gasteiger partial charge on any atom is 0.0413 e. The molecule has 18 heavy (non-hydrogen) atoms. The number of nitrogens with two attached hydrogens (primary N) is 1. The minimum Gasteiger partial charge on any atom is -0.326 e. The Morgan fingerprint density at radius 1 is 1.44 bits per heavy atom. The summed E-state index contributed by atoms with van der Waals surface area (Å²) in [5.41, 5.74) is 7.11. The average molecular weight is 280 g/mol. The van der Waals surface area contributed by atoms with Gasteiger partial charge in [-0.1, -0.05) is 6.07 Å². The number of hydrogen-bond acceptors (Lipinski definition) is 4. The molecule has 4 heteroatoms. The lowest BCUT2D eigenvalue weighted by Gasteiger charge is -2.23. The molecule has 0 bridgehead atoms. The molecule has 0 fully saturated rings. The smallest absolute Gasteiger partial charge is 0.0413 e. The minimum absolute atomic E-state index is 0.464. The molecule has 0 aliphatic rings. The molecular formula is C14H20N2S2. The van der Waals surface area contributed by atoms with Crippen molar-refractivity contribution in [3.8, 4) is 0 Å². The van der Waals surface area contributed by atoms with Crippen molar-refractivity contribution >= 4 is 22.7 Å². The molecule has 0 radical (unpaired) electrons. The predicted molar refractivity (Wildman–Crippen MR) is 81.1 cm³/mol. The van der Waals surface area contributed by atoms with Gasteiger partial charge in [0.05, 0.1) is 0 Å². The SMILES string of the molecule is Cc1sc(CN)cc1CN(C)C(C)c1cccs1. The van der Waals surface area contributed by atoms with Crippen LogP contribution in [0.25, 0.3) is 0 Å². The first kappa shape index (κ1) is 13.7. The van der Waals surface area contributed by atoms with Crippen molar-refractivity contribution in [2.45, 2.75) is 33.0 Å². The molecule has 0 aliphatic carbocycles. The molecule has 0 spiro atoms. The van der Waals surface area contributed by atoms with E-state index >= 15 is 0 Å². The van der Waals surface area contributed by atoms with Gasteiger partial charge in [0.25, 0.3) is 0 Å². The van der Waals surface area contributed by atoms with E-state index < -0.39 is 0 Å². The van der Waals surface area contributed by atoms with E-state index in [2.05, 4.69) is 49.4 Å². The summed E-state index contributed by atoms with van der Waals surface area (Å²) >= 11 is 3.64. The van der Waals surface area contributed by atoms with Crippen LogP contribution in [0.5, 0.6) is 0 Å². The zero-order valence-electron chi connectivity index (χ0n) is 11.1. The normalized spacial score (nSPS) is 13.2. The molecule has 0 aromatic carbocycles. The van der Waals surface area contributed by atoms with Crippen molar-refractivity contribution in [3.05, 3.63) is 43.8 Å². The Labute approximate surface area is 117 Å². The highest BCUT2D eigenvalue weighted by molar-refractivity contribution is 7.12. The molecule has 2 heterocycles. The highest BCUT2D eigenvalue weighted by Gasteiger charge is 2.14. The van der Waals surface area contributed by atoms with Crippen LogP contribution in [-0.2, 0) is 13.1 Å². The summed E-state index contributed by atoms with van der Waals surface area (Å²) in [4.78, 5) is 6.48. The molecule has 0 saturated heterocycles. The summed E-state index contributed by atoms with van der Waals surface area (Å²) in [6.07, 6.45) is 0. The quantitative estimate of drug-likeness (QED) is 0.903. The summed E-state index contributed by atoms with van der Waals surface area (Å²) < 4.78 is 0. The maximum absolute atomic E-state index is 5.70. The first-order valence-corrected chi connectivity index (χ1v) is 7.83. The summed E-state index contributed by atoms with van der Waals surface area (Å²) in [6.45, 7) is 6.08. The van der Waals surface area contributed by atoms with Crippen molar-refractivity contribution in [3.63, 3.8) is 0 Å². The Morgan fingerprint density at radius 3 is 2.78 bits per heavy atom. The highest BCUT2D eigenvalue weighted by atomic mass is 32.1. The topological polar surface area (TPSA) is 29.3 Å². The second-order valence-corrected chi connectivity index (χ2v) is 6.92. The zero-order valence-corrected chi connectivity index (χ0v) is 12.8. The zero-order chi connectivity index (χ0) is 13.1. The van der Waals surface area contributed by atoms with Crippen LogP contribution in [0.15, 0.2) is 23.6 Å². The van der Waals surface area contributed by atoms with Crippen molar-refractivity contribution in [2.24, 2.45) is 5.73 Å². The lowest BCUT2D eigenvalue weighted by atomic mass is 10.2. The second-order valence-electron chi connectivity index (χ2n) is 4.60. The molecule has 0 aliphatic heterocycles. The molecule has 1 unspecified atom stereocenters. The fourth-order valence-electron chi connectivity index (χ4n) is 2.00. The Hall–Kier alpha value is -0.680. The Morgan fingerprint density at radius 2 is 2.22 bits per heavy atom. The molecule has 2 nitrogen and oxygen atoms in total. The van der Waals surface area contributed by atoms with Crippen LogP contribution in [0, 0.1) is 6.92 Å². The summed E-state index contributed by atoms with van der Waals surface area (Å²) in [7, 11) is 2.18. The fraction of sp³-hybridized carbons (Fsp3) is 0.429. The van der Waals surface area contributed by atoms with Crippen molar-refractivity contribution in [2.75, 3.05) is 7.05 Å². The molecule has 2 rings (SSSR count). The minimum atomic E-state index is 0.464. The molecule has 1 atom stereocenters. The molecule has 2 N–H and O–H groups in total. The van der Waals surface area contributed by atoms with E-state index in [0.717, 1.165) is 6.54 Å². The van der Waals surface area contributed by atoms with Gasteiger partial charge in [-0.25, -0.2) is 0 Å². The van der Waals surface area contributed by atoms with E-state index in [4.69, 9.17) is 5.73 Å². The third kappa shape index (κ3) is 3.01. The Balaban J connectivity index is 2.06. The number of aryl methyl sites for hydroxylation is 1. The van der Waals surface area contributed by atoms with Crippen LogP contribution in [0.4, 0.5) is 0 Å². The van der Waals surface area contributed by atoms with Gasteiger partial charge in [-0.3, -0.25) is 4.90 Å². The van der Waals surface area contributed by atoms with Gasteiger partial charge in [0.2, 0.25) is 0 Å². The molecular weight excluding hydrogens is 260 g/mol. The van der Waals surface area contributed by atoms with Gasteiger partial charge >= 0.3 is 0 Å². The molecule has 0 amide bonds. The fourth-order valence-corrected chi connectivity index (χ4v) is 3.78. The van der Waals surface area contributed by atoms with Crippen LogP contribution >= 0.6 is 22.7 Å². The molecule has 2 aromatic rings. The standard InChI is InChI=1S/C14H20N2S2/c1-10(14-5-4-6-17-14)16(3)9-12-7-13(8-15)18-11(12)2/h4-7,10H,8-9,15H2,1-3H3. The number of nitrogens with zero attached hydrogens (tertiary/aromatic N) is 1. The predicted octanol–water partition coefficient (Wildman–Crippen LogP) is 3.77. The molecule has 2 aromatic heterocycles. The lowest BCUT2D eigenvalue weighted by molar-refractivity contribution is 0.256. The van der Waals surface area contributed by atoms with E-state index in [1.54, 1.807) is 0 Å². The summed E-state index contributed by atoms with van der Waals surface area (Å²) in [5.74, 6) is 0. The van der Waals surface area contributed by atoms with Gasteiger partial charge in [0, 0.05) is 33.8 Å². The number of thiophene rings is 2. The van der Waals surface area contributed by atoms with Gasteiger partial charge in [0.15, 0.2) is 0 Å². The monoisotopic (exact) mass is 280 g/mol. The number of hydrogen-bond donors (Lipinski definition) is 1. The van der Waals surface area contributed by atoms with Crippen LogP contribution in [0.1, 0.15) is 33.2 Å². The van der Waals surface area contributed by atoms with E-state index in [-0.39, 0.29) is 0 Å². The first-order valence-electron chi connectivity index (χ1n) is 6.13. The largest absolute Gasteiger partial charge is 0.326 e. The average Bonchev–Trinajstić information content (AvgIpc) is 2.98. The van der Waals surface area contributed by atoms with Crippen LogP contribution in [0.2, 0.25) is 0 Å². The summed E-state index contributed by atoms with van der Waals surface area (Å²) in [6, 6.07) is 7.03.